The highest BCUT2D eigenvalue weighted by Crippen LogP contribution is 2.23. The Kier molecular flexibility index (Phi) is 5.83. The number of hydrogen-bond acceptors (Lipinski definition) is 4. The van der Waals surface area contributed by atoms with Gasteiger partial charge in [0.05, 0.1) is 12.4 Å². The minimum absolute atomic E-state index is 0.282. The van der Waals surface area contributed by atoms with Crippen molar-refractivity contribution in [2.24, 2.45) is 0 Å². The smallest absolute Gasteiger partial charge is 0.215 e. The van der Waals surface area contributed by atoms with Crippen LogP contribution in [0.5, 0.6) is 5.75 Å². The Hall–Kier alpha value is -1.11. The van der Waals surface area contributed by atoms with Crippen LogP contribution in [0.15, 0.2) is 24.3 Å². The van der Waals surface area contributed by atoms with E-state index < -0.39 is 10.0 Å². The summed E-state index contributed by atoms with van der Waals surface area (Å²) in [5.41, 5.74) is 1.25. The molecule has 6 heteroatoms. The van der Waals surface area contributed by atoms with E-state index in [0.717, 1.165) is 18.8 Å². The van der Waals surface area contributed by atoms with Gasteiger partial charge in [-0.25, -0.2) is 13.1 Å². The van der Waals surface area contributed by atoms with Crippen molar-refractivity contribution in [2.45, 2.75) is 31.4 Å². The molecule has 5 nitrogen and oxygen atoms in total. The van der Waals surface area contributed by atoms with Crippen LogP contribution in [0.2, 0.25) is 0 Å². The van der Waals surface area contributed by atoms with E-state index in [2.05, 4.69) is 28.7 Å². The van der Waals surface area contributed by atoms with E-state index in [-0.39, 0.29) is 5.25 Å². The molecule has 1 aromatic rings. The molecule has 0 aromatic heterocycles. The van der Waals surface area contributed by atoms with Crippen LogP contribution in [-0.2, 0) is 10.0 Å². The molecule has 22 heavy (non-hydrogen) atoms. The maximum absolute atomic E-state index is 12.1. The van der Waals surface area contributed by atoms with Gasteiger partial charge in [0.1, 0.15) is 5.75 Å². The fourth-order valence-corrected chi connectivity index (χ4v) is 4.42. The molecule has 0 unspecified atom stereocenters. The summed E-state index contributed by atoms with van der Waals surface area (Å²) in [6, 6.07) is 8.08. The van der Waals surface area contributed by atoms with Crippen molar-refractivity contribution in [1.29, 1.82) is 0 Å². The lowest BCUT2D eigenvalue weighted by Gasteiger charge is -2.21. The number of hydrogen-bond donors (Lipinski definition) is 1. The molecular weight excluding hydrogens is 300 g/mol. The minimum Gasteiger partial charge on any atom is -0.497 e. The third-order valence-corrected chi connectivity index (χ3v) is 6.18. The normalized spacial score (nSPS) is 21.0. The van der Waals surface area contributed by atoms with Crippen molar-refractivity contribution in [2.75, 3.05) is 33.3 Å². The Bertz CT molecular complexity index is 572. The Morgan fingerprint density at radius 3 is 2.64 bits per heavy atom. The van der Waals surface area contributed by atoms with E-state index in [1.165, 1.54) is 5.56 Å². The van der Waals surface area contributed by atoms with Crippen molar-refractivity contribution >= 4 is 10.0 Å². The molecule has 1 aliphatic heterocycles. The fraction of sp³-hybridized carbons (Fsp3) is 0.625. The number of sulfonamides is 1. The number of nitrogens with one attached hydrogen (secondary N) is 1. The highest BCUT2D eigenvalue weighted by atomic mass is 32.2. The summed E-state index contributed by atoms with van der Waals surface area (Å²) >= 11 is 0. The second-order valence-electron chi connectivity index (χ2n) is 5.89. The number of likely N-dealkylation sites (tertiary alicyclic amines) is 1. The molecule has 0 amide bonds. The Balaban J connectivity index is 1.91. The Labute approximate surface area is 133 Å². The summed E-state index contributed by atoms with van der Waals surface area (Å²) in [5.74, 6) is 1.22. The zero-order valence-corrected chi connectivity index (χ0v) is 14.4. The summed E-state index contributed by atoms with van der Waals surface area (Å²) in [5, 5.41) is -0.282. The number of methoxy groups -OCH3 is 1. The largest absolute Gasteiger partial charge is 0.497 e. The predicted molar refractivity (Wildman–Crippen MR) is 88.9 cm³/mol. The first-order chi connectivity index (χ1) is 10.5. The first-order valence-corrected chi connectivity index (χ1v) is 9.35. The van der Waals surface area contributed by atoms with E-state index in [4.69, 9.17) is 4.74 Å². The lowest BCUT2D eigenvalue weighted by molar-refractivity contribution is 0.320. The second-order valence-corrected chi connectivity index (χ2v) is 7.93. The van der Waals surface area contributed by atoms with Crippen LogP contribution < -0.4 is 9.46 Å². The van der Waals surface area contributed by atoms with Crippen LogP contribution in [0, 0.1) is 0 Å². The summed E-state index contributed by atoms with van der Waals surface area (Å²) in [6.45, 7) is 6.79. The highest BCUT2D eigenvalue weighted by Gasteiger charge is 2.32. The maximum atomic E-state index is 12.1. The Morgan fingerprint density at radius 1 is 1.36 bits per heavy atom. The summed E-state index contributed by atoms with van der Waals surface area (Å²) in [6.07, 6.45) is 0.713. The van der Waals surface area contributed by atoms with E-state index in [9.17, 15) is 8.42 Å². The molecule has 1 fully saturated rings. The van der Waals surface area contributed by atoms with E-state index in [0.29, 0.717) is 25.4 Å². The van der Waals surface area contributed by atoms with Crippen molar-refractivity contribution < 1.29 is 13.2 Å². The van der Waals surface area contributed by atoms with E-state index >= 15 is 0 Å². The topological polar surface area (TPSA) is 58.6 Å². The van der Waals surface area contributed by atoms with Crippen LogP contribution in [0.4, 0.5) is 0 Å². The molecule has 2 atom stereocenters. The molecule has 2 rings (SSSR count). The van der Waals surface area contributed by atoms with Gasteiger partial charge in [0.25, 0.3) is 0 Å². The Morgan fingerprint density at radius 2 is 2.05 bits per heavy atom. The van der Waals surface area contributed by atoms with E-state index in [1.807, 2.05) is 19.1 Å². The molecule has 1 aromatic carbocycles. The molecule has 0 saturated carbocycles. The first-order valence-electron chi connectivity index (χ1n) is 7.81. The van der Waals surface area contributed by atoms with Crippen molar-refractivity contribution in [1.82, 2.24) is 9.62 Å². The van der Waals surface area contributed by atoms with Crippen LogP contribution in [0.1, 0.15) is 31.7 Å². The van der Waals surface area contributed by atoms with Crippen molar-refractivity contribution in [3.63, 3.8) is 0 Å². The molecule has 0 aliphatic carbocycles. The lowest BCUT2D eigenvalue weighted by Crippen LogP contribution is -2.36. The van der Waals surface area contributed by atoms with Gasteiger partial charge < -0.3 is 9.64 Å². The molecule has 0 radical (unpaired) electrons. The predicted octanol–water partition coefficient (Wildman–Crippen LogP) is 1.81. The van der Waals surface area contributed by atoms with Crippen LogP contribution in [0.25, 0.3) is 0 Å². The summed E-state index contributed by atoms with van der Waals surface area (Å²) in [7, 11) is -1.50. The molecule has 1 heterocycles. The number of benzene rings is 1. The molecule has 1 saturated heterocycles. The van der Waals surface area contributed by atoms with Gasteiger partial charge >= 0.3 is 0 Å². The fourth-order valence-electron chi connectivity index (χ4n) is 2.96. The monoisotopic (exact) mass is 326 g/mol. The first kappa shape index (κ1) is 17.2. The van der Waals surface area contributed by atoms with Crippen LogP contribution >= 0.6 is 0 Å². The maximum Gasteiger partial charge on any atom is 0.215 e. The van der Waals surface area contributed by atoms with Crippen LogP contribution in [0.3, 0.4) is 0 Å². The van der Waals surface area contributed by atoms with Gasteiger partial charge in [0.2, 0.25) is 10.0 Å². The zero-order chi connectivity index (χ0) is 16.2. The van der Waals surface area contributed by atoms with Crippen molar-refractivity contribution in [3.8, 4) is 5.75 Å². The van der Waals surface area contributed by atoms with Gasteiger partial charge in [-0.1, -0.05) is 26.0 Å². The third kappa shape index (κ3) is 4.21. The quantitative estimate of drug-likeness (QED) is 0.830. The van der Waals surface area contributed by atoms with Gasteiger partial charge in [-0.3, -0.25) is 0 Å². The minimum atomic E-state index is -3.16. The average molecular weight is 326 g/mol. The van der Waals surface area contributed by atoms with E-state index in [1.54, 1.807) is 7.11 Å². The summed E-state index contributed by atoms with van der Waals surface area (Å²) < 4.78 is 31.9. The second kappa shape index (κ2) is 7.44. The lowest BCUT2D eigenvalue weighted by atomic mass is 10.0. The number of nitrogens with zero attached hydrogens (tertiary/aromatic N) is 1. The SMILES string of the molecule is CCNS(=O)(=O)[C@@H]1CCN(C[C@@H](C)c2ccc(OC)cc2)C1. The van der Waals surface area contributed by atoms with Gasteiger partial charge in [-0.05, 0) is 36.6 Å². The average Bonchev–Trinajstić information content (AvgIpc) is 2.96. The number of rotatable bonds is 7. The molecule has 0 bridgehead atoms. The molecular formula is C16H26N2O3S. The van der Waals surface area contributed by atoms with Gasteiger partial charge in [0.15, 0.2) is 0 Å². The summed E-state index contributed by atoms with van der Waals surface area (Å²) in [4.78, 5) is 2.24. The molecule has 1 aliphatic rings. The third-order valence-electron chi connectivity index (χ3n) is 4.23. The zero-order valence-electron chi connectivity index (χ0n) is 13.6. The van der Waals surface area contributed by atoms with Gasteiger partial charge in [-0.2, -0.15) is 0 Å². The van der Waals surface area contributed by atoms with Crippen molar-refractivity contribution in [3.05, 3.63) is 29.8 Å². The van der Waals surface area contributed by atoms with Gasteiger partial charge in [0, 0.05) is 19.6 Å². The van der Waals surface area contributed by atoms with Crippen LogP contribution in [-0.4, -0.2) is 51.9 Å². The highest BCUT2D eigenvalue weighted by molar-refractivity contribution is 7.90. The molecule has 0 spiro atoms. The molecule has 124 valence electrons. The van der Waals surface area contributed by atoms with Gasteiger partial charge in [-0.15, -0.1) is 0 Å². The standard InChI is InChI=1S/C16H26N2O3S/c1-4-17-22(19,20)16-9-10-18(12-16)11-13(2)14-5-7-15(21-3)8-6-14/h5-8,13,16-17H,4,9-12H2,1-3H3/t13-,16-/m1/s1. The molecule has 1 N–H and O–H groups in total. The number of ether oxygens (including phenoxy) is 1.